The van der Waals surface area contributed by atoms with Crippen LogP contribution in [0.1, 0.15) is 27.5 Å². The lowest BCUT2D eigenvalue weighted by Crippen LogP contribution is -2.46. The number of fused-ring (bicyclic) bond motifs is 2. The van der Waals surface area contributed by atoms with Crippen LogP contribution in [-0.2, 0) is 25.7 Å². The van der Waals surface area contributed by atoms with Crippen LogP contribution in [0.15, 0.2) is 91.0 Å². The summed E-state index contributed by atoms with van der Waals surface area (Å²) in [6.07, 6.45) is 0. The Kier molecular flexibility index (Phi) is 8.47. The van der Waals surface area contributed by atoms with E-state index in [1.165, 1.54) is 35.2 Å². The normalized spacial score (nSPS) is 15.7. The van der Waals surface area contributed by atoms with E-state index in [0.29, 0.717) is 47.2 Å². The molecule has 0 aliphatic carbocycles. The molecule has 0 bridgehead atoms. The molecule has 0 aromatic heterocycles. The van der Waals surface area contributed by atoms with Crippen molar-refractivity contribution in [1.29, 1.82) is 0 Å². The van der Waals surface area contributed by atoms with Gasteiger partial charge in [0.25, 0.3) is 17.6 Å². The Morgan fingerprint density at radius 3 is 2.38 bits per heavy atom. The zero-order valence-corrected chi connectivity index (χ0v) is 25.8. The number of hydrogen-bond donors (Lipinski definition) is 1. The molecule has 1 N–H and O–H groups in total. The molecule has 48 heavy (non-hydrogen) atoms. The van der Waals surface area contributed by atoms with Gasteiger partial charge in [0, 0.05) is 31.0 Å². The van der Waals surface area contributed by atoms with Crippen molar-refractivity contribution in [3.8, 4) is 11.5 Å². The highest BCUT2D eigenvalue weighted by Crippen LogP contribution is 2.37. The smallest absolute Gasteiger partial charge is 0.299 e. The molecule has 3 aliphatic rings. The maximum atomic E-state index is 14.4. The molecule has 4 aromatic rings. The van der Waals surface area contributed by atoms with Crippen LogP contribution in [0.3, 0.4) is 0 Å². The summed E-state index contributed by atoms with van der Waals surface area (Å²) in [5, 5.41) is 2.95. The molecule has 0 spiro atoms. The second-order valence-corrected chi connectivity index (χ2v) is 11.5. The first-order valence-corrected chi connectivity index (χ1v) is 15.5. The summed E-state index contributed by atoms with van der Waals surface area (Å²) in [6.45, 7) is 2.17. The number of nitrogens with zero attached hydrogens (tertiary/aromatic N) is 3. The van der Waals surface area contributed by atoms with Gasteiger partial charge in [-0.1, -0.05) is 30.3 Å². The fourth-order valence-electron chi connectivity index (χ4n) is 6.09. The van der Waals surface area contributed by atoms with E-state index in [9.17, 15) is 23.6 Å². The SMILES string of the molecule is O=C1C(=O)N(CC(=O)N(Cc2ccc(F)cc2)C(C(=O)Nc2ccc(N3CCOCC3)cc2)c2ccc3c(c2)OCO3)c2ccccc21. The number of anilines is 3. The van der Waals surface area contributed by atoms with E-state index in [0.717, 1.165) is 23.7 Å². The molecule has 1 atom stereocenters. The van der Waals surface area contributed by atoms with Gasteiger partial charge in [0.15, 0.2) is 11.5 Å². The topological polar surface area (TPSA) is 118 Å². The van der Waals surface area contributed by atoms with E-state index in [4.69, 9.17) is 14.2 Å². The van der Waals surface area contributed by atoms with Crippen molar-refractivity contribution in [3.63, 3.8) is 0 Å². The van der Waals surface area contributed by atoms with E-state index in [2.05, 4.69) is 10.2 Å². The van der Waals surface area contributed by atoms with Crippen LogP contribution in [0.25, 0.3) is 0 Å². The number of morpholine rings is 1. The third-order valence-electron chi connectivity index (χ3n) is 8.54. The van der Waals surface area contributed by atoms with Crippen molar-refractivity contribution in [2.24, 2.45) is 0 Å². The molecule has 244 valence electrons. The summed E-state index contributed by atoms with van der Waals surface area (Å²) in [4.78, 5) is 59.1. The molecule has 0 radical (unpaired) electrons. The van der Waals surface area contributed by atoms with Crippen molar-refractivity contribution in [2.75, 3.05) is 54.8 Å². The molecule has 12 heteroatoms. The van der Waals surface area contributed by atoms with Crippen LogP contribution in [0.2, 0.25) is 0 Å². The van der Waals surface area contributed by atoms with E-state index < -0.39 is 41.9 Å². The van der Waals surface area contributed by atoms with Crippen LogP contribution in [0.4, 0.5) is 21.5 Å². The molecule has 1 saturated heterocycles. The second-order valence-electron chi connectivity index (χ2n) is 11.5. The largest absolute Gasteiger partial charge is 0.454 e. The van der Waals surface area contributed by atoms with Crippen LogP contribution in [0, 0.1) is 5.82 Å². The Morgan fingerprint density at radius 1 is 0.875 bits per heavy atom. The second kappa shape index (κ2) is 13.2. The molecule has 3 heterocycles. The molecule has 7 rings (SSSR count). The number of nitrogens with one attached hydrogen (secondary N) is 1. The number of Topliss-reactive ketones (excluding diaryl/α,β-unsaturated/α-hetero) is 1. The molecule has 4 aromatic carbocycles. The van der Waals surface area contributed by atoms with Crippen LogP contribution in [-0.4, -0.2) is 68.0 Å². The predicted molar refractivity (Wildman–Crippen MR) is 173 cm³/mol. The Morgan fingerprint density at radius 2 is 1.60 bits per heavy atom. The predicted octanol–water partition coefficient (Wildman–Crippen LogP) is 4.33. The van der Waals surface area contributed by atoms with Gasteiger partial charge in [0.1, 0.15) is 18.4 Å². The van der Waals surface area contributed by atoms with Crippen molar-refractivity contribution in [3.05, 3.63) is 114 Å². The van der Waals surface area contributed by atoms with E-state index in [1.807, 2.05) is 12.1 Å². The third-order valence-corrected chi connectivity index (χ3v) is 8.54. The first kappa shape index (κ1) is 30.9. The number of amides is 3. The number of rotatable bonds is 9. The average molecular weight is 651 g/mol. The minimum atomic E-state index is -1.24. The van der Waals surface area contributed by atoms with Gasteiger partial charge in [-0.2, -0.15) is 0 Å². The number of carbonyl (C=O) groups excluding carboxylic acids is 4. The quantitative estimate of drug-likeness (QED) is 0.266. The molecule has 1 unspecified atom stereocenters. The Balaban J connectivity index is 1.24. The first-order valence-electron chi connectivity index (χ1n) is 15.5. The maximum absolute atomic E-state index is 14.4. The van der Waals surface area contributed by atoms with Crippen molar-refractivity contribution < 1.29 is 37.8 Å². The van der Waals surface area contributed by atoms with Crippen LogP contribution in [0.5, 0.6) is 11.5 Å². The number of carbonyl (C=O) groups is 4. The lowest BCUT2D eigenvalue weighted by molar-refractivity contribution is -0.139. The minimum Gasteiger partial charge on any atom is -0.454 e. The summed E-state index contributed by atoms with van der Waals surface area (Å²) in [7, 11) is 0. The van der Waals surface area contributed by atoms with Crippen molar-refractivity contribution in [2.45, 2.75) is 12.6 Å². The van der Waals surface area contributed by atoms with E-state index >= 15 is 0 Å². The fourth-order valence-corrected chi connectivity index (χ4v) is 6.09. The molecule has 1 fully saturated rings. The van der Waals surface area contributed by atoms with Gasteiger partial charge in [-0.3, -0.25) is 24.1 Å². The highest BCUT2D eigenvalue weighted by molar-refractivity contribution is 6.52. The Bertz CT molecular complexity index is 1880. The van der Waals surface area contributed by atoms with E-state index in [-0.39, 0.29) is 18.9 Å². The number of benzene rings is 4. The summed E-state index contributed by atoms with van der Waals surface area (Å²) in [5.74, 6) is -2.26. The van der Waals surface area contributed by atoms with Gasteiger partial charge >= 0.3 is 0 Å². The lowest BCUT2D eigenvalue weighted by atomic mass is 10.0. The van der Waals surface area contributed by atoms with Gasteiger partial charge in [-0.25, -0.2) is 4.39 Å². The van der Waals surface area contributed by atoms with Crippen LogP contribution < -0.4 is 24.6 Å². The lowest BCUT2D eigenvalue weighted by Gasteiger charge is -2.33. The minimum absolute atomic E-state index is 0.00781. The molecule has 11 nitrogen and oxygen atoms in total. The van der Waals surface area contributed by atoms with Gasteiger partial charge < -0.3 is 29.3 Å². The standard InChI is InChI=1S/C36H31FN4O7/c37-25-8-5-23(6-9-25)20-41(32(42)21-40-29-4-2-1-3-28(29)34(43)36(40)45)33(24-7-14-30-31(19-24)48-22-47-30)35(44)38-26-10-12-27(13-11-26)39-15-17-46-18-16-39/h1-14,19,33H,15-18,20-22H2,(H,38,44). The first-order chi connectivity index (χ1) is 23.4. The Labute approximate surface area is 275 Å². The molecule has 0 saturated carbocycles. The molecular formula is C36H31FN4O7. The number of hydrogen-bond acceptors (Lipinski definition) is 8. The number of ketones is 1. The molecule has 3 aliphatic heterocycles. The average Bonchev–Trinajstić information content (AvgIpc) is 3.68. The summed E-state index contributed by atoms with van der Waals surface area (Å²) < 4.78 is 30.4. The third kappa shape index (κ3) is 6.17. The highest BCUT2D eigenvalue weighted by Gasteiger charge is 2.40. The van der Waals surface area contributed by atoms with Gasteiger partial charge in [0.2, 0.25) is 12.7 Å². The van der Waals surface area contributed by atoms with Crippen LogP contribution >= 0.6 is 0 Å². The van der Waals surface area contributed by atoms with Crippen molar-refractivity contribution >= 4 is 40.6 Å². The zero-order chi connectivity index (χ0) is 33.2. The summed E-state index contributed by atoms with van der Waals surface area (Å²) >= 11 is 0. The summed E-state index contributed by atoms with van der Waals surface area (Å²) in [5.41, 5.74) is 2.97. The zero-order valence-electron chi connectivity index (χ0n) is 25.8. The van der Waals surface area contributed by atoms with Gasteiger partial charge in [-0.05, 0) is 71.8 Å². The Hall–Kier alpha value is -5.75. The summed E-state index contributed by atoms with van der Waals surface area (Å²) in [6, 6.07) is 23.1. The van der Waals surface area contributed by atoms with Gasteiger partial charge in [-0.15, -0.1) is 0 Å². The number of ether oxygens (including phenoxy) is 3. The number of halogens is 1. The number of para-hydroxylation sites is 1. The van der Waals surface area contributed by atoms with E-state index in [1.54, 1.807) is 48.5 Å². The highest BCUT2D eigenvalue weighted by atomic mass is 19.1. The molecular weight excluding hydrogens is 619 g/mol. The fraction of sp³-hybridized carbons (Fsp3) is 0.222. The van der Waals surface area contributed by atoms with Crippen molar-refractivity contribution in [1.82, 2.24) is 4.90 Å². The maximum Gasteiger partial charge on any atom is 0.299 e. The monoisotopic (exact) mass is 650 g/mol. The molecule has 3 amide bonds. The van der Waals surface area contributed by atoms with Gasteiger partial charge in [0.05, 0.1) is 24.5 Å².